The Kier molecular flexibility index (Phi) is 6.20. The molecule has 0 amide bonds. The standard InChI is InChI=1S/C14H15FN2O2.C2H2O4/c15-13-3-1-12(2-4-13)14(18-9-10-19-14)5-7-17-8-6-16-11-17;3-1(4)2(5)6/h1-4,6,8,11H,5,7,9-10H2;(H,3,4)(H,5,6). The minimum absolute atomic E-state index is 0.258. The van der Waals surface area contributed by atoms with Crippen molar-refractivity contribution in [3.63, 3.8) is 0 Å². The first-order valence-electron chi connectivity index (χ1n) is 7.39. The highest BCUT2D eigenvalue weighted by molar-refractivity contribution is 6.27. The van der Waals surface area contributed by atoms with Crippen molar-refractivity contribution >= 4 is 11.9 Å². The van der Waals surface area contributed by atoms with Crippen molar-refractivity contribution in [3.8, 4) is 0 Å². The third-order valence-electron chi connectivity index (χ3n) is 3.48. The lowest BCUT2D eigenvalue weighted by molar-refractivity contribution is -0.172. The van der Waals surface area contributed by atoms with Crippen molar-refractivity contribution in [2.45, 2.75) is 18.8 Å². The molecule has 8 nitrogen and oxygen atoms in total. The van der Waals surface area contributed by atoms with E-state index in [2.05, 4.69) is 4.98 Å². The largest absolute Gasteiger partial charge is 0.473 e. The summed E-state index contributed by atoms with van der Waals surface area (Å²) in [6.45, 7) is 1.85. The fraction of sp³-hybridized carbons (Fsp3) is 0.312. The Morgan fingerprint density at radius 2 is 1.76 bits per heavy atom. The molecule has 0 aliphatic carbocycles. The number of nitrogens with zero attached hydrogens (tertiary/aromatic N) is 2. The van der Waals surface area contributed by atoms with Crippen LogP contribution in [-0.2, 0) is 31.4 Å². The summed E-state index contributed by atoms with van der Waals surface area (Å²) in [7, 11) is 0. The van der Waals surface area contributed by atoms with Gasteiger partial charge < -0.3 is 24.3 Å². The minimum Gasteiger partial charge on any atom is -0.473 e. The maximum absolute atomic E-state index is 13.0. The molecule has 3 rings (SSSR count). The summed E-state index contributed by atoms with van der Waals surface area (Å²) in [6.07, 6.45) is 6.05. The highest BCUT2D eigenvalue weighted by Crippen LogP contribution is 2.35. The average Bonchev–Trinajstić information content (AvgIpc) is 3.26. The Labute approximate surface area is 142 Å². The van der Waals surface area contributed by atoms with Crippen molar-refractivity contribution in [1.82, 2.24) is 9.55 Å². The number of aliphatic carboxylic acids is 2. The summed E-state index contributed by atoms with van der Waals surface area (Å²) in [6, 6.07) is 6.29. The van der Waals surface area contributed by atoms with E-state index < -0.39 is 17.7 Å². The Morgan fingerprint density at radius 3 is 2.24 bits per heavy atom. The van der Waals surface area contributed by atoms with Gasteiger partial charge in [0.05, 0.1) is 19.5 Å². The molecule has 0 unspecified atom stereocenters. The van der Waals surface area contributed by atoms with E-state index in [1.165, 1.54) is 12.1 Å². The summed E-state index contributed by atoms with van der Waals surface area (Å²) in [5.74, 6) is -4.67. The normalized spacial score (nSPS) is 15.2. The van der Waals surface area contributed by atoms with Gasteiger partial charge in [-0.2, -0.15) is 0 Å². The van der Waals surface area contributed by atoms with Gasteiger partial charge >= 0.3 is 11.9 Å². The molecule has 0 spiro atoms. The molecule has 1 aromatic heterocycles. The number of benzene rings is 1. The van der Waals surface area contributed by atoms with Crippen LogP contribution in [-0.4, -0.2) is 44.9 Å². The first kappa shape index (κ1) is 18.6. The Hall–Kier alpha value is -2.78. The number of imidazole rings is 1. The van der Waals surface area contributed by atoms with Crippen LogP contribution >= 0.6 is 0 Å². The number of hydrogen-bond donors (Lipinski definition) is 2. The zero-order valence-electron chi connectivity index (χ0n) is 13.2. The van der Waals surface area contributed by atoms with E-state index in [0.29, 0.717) is 19.6 Å². The third kappa shape index (κ3) is 5.10. The number of rotatable bonds is 4. The van der Waals surface area contributed by atoms with Crippen LogP contribution in [0.3, 0.4) is 0 Å². The number of aryl methyl sites for hydroxylation is 1. The van der Waals surface area contributed by atoms with Gasteiger partial charge in [-0.3, -0.25) is 0 Å². The van der Waals surface area contributed by atoms with E-state index in [1.807, 2.05) is 10.8 Å². The highest BCUT2D eigenvalue weighted by atomic mass is 19.1. The molecule has 1 aliphatic heterocycles. The van der Waals surface area contributed by atoms with Crippen LogP contribution in [0.2, 0.25) is 0 Å². The molecule has 0 atom stereocenters. The number of carboxylic acid groups (broad SMARTS) is 2. The van der Waals surface area contributed by atoms with Gasteiger partial charge in [0.15, 0.2) is 5.79 Å². The number of carboxylic acids is 2. The average molecular weight is 352 g/mol. The van der Waals surface area contributed by atoms with Gasteiger partial charge in [-0.15, -0.1) is 0 Å². The maximum Gasteiger partial charge on any atom is 0.414 e. The fourth-order valence-corrected chi connectivity index (χ4v) is 2.31. The van der Waals surface area contributed by atoms with E-state index >= 15 is 0 Å². The molecule has 0 radical (unpaired) electrons. The van der Waals surface area contributed by atoms with Crippen LogP contribution in [0.15, 0.2) is 43.0 Å². The van der Waals surface area contributed by atoms with E-state index in [-0.39, 0.29) is 5.82 Å². The van der Waals surface area contributed by atoms with Crippen molar-refractivity contribution in [2.75, 3.05) is 13.2 Å². The number of halogens is 1. The first-order valence-corrected chi connectivity index (χ1v) is 7.39. The molecular formula is C16H17FN2O6. The molecular weight excluding hydrogens is 335 g/mol. The summed E-state index contributed by atoms with van der Waals surface area (Å²) < 4.78 is 26.6. The number of ether oxygens (including phenoxy) is 2. The minimum atomic E-state index is -1.82. The second kappa shape index (κ2) is 8.36. The molecule has 134 valence electrons. The van der Waals surface area contributed by atoms with Gasteiger partial charge in [0, 0.05) is 30.9 Å². The van der Waals surface area contributed by atoms with Crippen LogP contribution < -0.4 is 0 Å². The van der Waals surface area contributed by atoms with E-state index in [4.69, 9.17) is 29.3 Å². The summed E-state index contributed by atoms with van der Waals surface area (Å²) in [4.78, 5) is 22.2. The first-order chi connectivity index (χ1) is 11.9. The van der Waals surface area contributed by atoms with E-state index in [9.17, 15) is 4.39 Å². The lowest BCUT2D eigenvalue weighted by Crippen LogP contribution is -2.28. The van der Waals surface area contributed by atoms with Gasteiger partial charge in [-0.05, 0) is 12.1 Å². The van der Waals surface area contributed by atoms with Crippen LogP contribution in [0.4, 0.5) is 4.39 Å². The van der Waals surface area contributed by atoms with Crippen molar-refractivity contribution < 1.29 is 33.7 Å². The van der Waals surface area contributed by atoms with E-state index in [1.54, 1.807) is 24.7 Å². The molecule has 1 aromatic carbocycles. The summed E-state index contributed by atoms with van der Waals surface area (Å²) >= 11 is 0. The third-order valence-corrected chi connectivity index (χ3v) is 3.48. The Bertz CT molecular complexity index is 684. The van der Waals surface area contributed by atoms with Gasteiger partial charge in [0.1, 0.15) is 5.82 Å². The molecule has 0 bridgehead atoms. The van der Waals surface area contributed by atoms with Gasteiger partial charge in [-0.25, -0.2) is 19.0 Å². The number of hydrogen-bond acceptors (Lipinski definition) is 5. The lowest BCUT2D eigenvalue weighted by atomic mass is 10.0. The highest BCUT2D eigenvalue weighted by Gasteiger charge is 2.38. The molecule has 1 saturated heterocycles. The quantitative estimate of drug-likeness (QED) is 0.802. The second-order valence-electron chi connectivity index (χ2n) is 5.12. The lowest BCUT2D eigenvalue weighted by Gasteiger charge is -2.28. The topological polar surface area (TPSA) is 111 Å². The van der Waals surface area contributed by atoms with Crippen LogP contribution in [0.1, 0.15) is 12.0 Å². The molecule has 2 heterocycles. The van der Waals surface area contributed by atoms with Crippen LogP contribution in [0, 0.1) is 5.82 Å². The molecule has 25 heavy (non-hydrogen) atoms. The molecule has 2 aromatic rings. The van der Waals surface area contributed by atoms with Crippen molar-refractivity contribution in [1.29, 1.82) is 0 Å². The predicted molar refractivity (Wildman–Crippen MR) is 82.1 cm³/mol. The smallest absolute Gasteiger partial charge is 0.414 e. The van der Waals surface area contributed by atoms with Crippen molar-refractivity contribution in [2.24, 2.45) is 0 Å². The number of aromatic nitrogens is 2. The predicted octanol–water partition coefficient (Wildman–Crippen LogP) is 1.47. The van der Waals surface area contributed by atoms with Gasteiger partial charge in [0.25, 0.3) is 0 Å². The van der Waals surface area contributed by atoms with Gasteiger partial charge in [-0.1, -0.05) is 12.1 Å². The molecule has 9 heteroatoms. The monoisotopic (exact) mass is 352 g/mol. The summed E-state index contributed by atoms with van der Waals surface area (Å²) in [5, 5.41) is 14.8. The molecule has 1 fully saturated rings. The molecule has 0 saturated carbocycles. The van der Waals surface area contributed by atoms with Crippen molar-refractivity contribution in [3.05, 3.63) is 54.4 Å². The Balaban J connectivity index is 0.000000326. The maximum atomic E-state index is 13.0. The molecule has 2 N–H and O–H groups in total. The Morgan fingerprint density at radius 1 is 1.16 bits per heavy atom. The second-order valence-corrected chi connectivity index (χ2v) is 5.12. The van der Waals surface area contributed by atoms with E-state index in [0.717, 1.165) is 12.1 Å². The van der Waals surface area contributed by atoms with Crippen LogP contribution in [0.25, 0.3) is 0 Å². The zero-order chi connectivity index (χ0) is 18.3. The van der Waals surface area contributed by atoms with Crippen LogP contribution in [0.5, 0.6) is 0 Å². The van der Waals surface area contributed by atoms with Gasteiger partial charge in [0.2, 0.25) is 0 Å². The zero-order valence-corrected chi connectivity index (χ0v) is 13.2. The fourth-order valence-electron chi connectivity index (χ4n) is 2.31. The molecule has 1 aliphatic rings. The summed E-state index contributed by atoms with van der Waals surface area (Å²) in [5.41, 5.74) is 0.853. The number of carbonyl (C=O) groups is 2. The SMILES string of the molecule is Fc1ccc(C2(CCn3ccnc3)OCCO2)cc1.O=C(O)C(=O)O.